The van der Waals surface area contributed by atoms with E-state index in [-0.39, 0.29) is 36.3 Å². The van der Waals surface area contributed by atoms with Crippen LogP contribution in [0.15, 0.2) is 61.2 Å². The predicted molar refractivity (Wildman–Crippen MR) is 145 cm³/mol. The van der Waals surface area contributed by atoms with Crippen LogP contribution in [0, 0.1) is 0 Å². The van der Waals surface area contributed by atoms with Gasteiger partial charge in [-0.15, -0.1) is 0 Å². The Kier molecular flexibility index (Phi) is 5.58. The predicted octanol–water partition coefficient (Wildman–Crippen LogP) is 3.17. The molecule has 2 aliphatic rings. The second-order valence-electron chi connectivity index (χ2n) is 10.3. The number of piperidine rings is 1. The number of H-pyrrole nitrogens is 1. The lowest BCUT2D eigenvalue weighted by molar-refractivity contribution is 0.0557. The average molecular weight is 521 g/mol. The van der Waals surface area contributed by atoms with E-state index in [0.717, 1.165) is 59.3 Å². The van der Waals surface area contributed by atoms with Gasteiger partial charge in [0.25, 0.3) is 5.91 Å². The van der Waals surface area contributed by atoms with Crippen LogP contribution in [-0.4, -0.2) is 57.7 Å². The van der Waals surface area contributed by atoms with Gasteiger partial charge in [0, 0.05) is 53.0 Å². The van der Waals surface area contributed by atoms with Crippen molar-refractivity contribution in [3.8, 4) is 22.4 Å². The lowest BCUT2D eigenvalue weighted by atomic mass is 9.85. The molecule has 1 aromatic carbocycles. The Labute approximate surface area is 224 Å². The van der Waals surface area contributed by atoms with Gasteiger partial charge in [-0.3, -0.25) is 14.9 Å². The number of aromatic amines is 1. The Morgan fingerprint density at radius 1 is 1.00 bits per heavy atom. The van der Waals surface area contributed by atoms with E-state index in [4.69, 9.17) is 16.5 Å². The Morgan fingerprint density at radius 3 is 2.46 bits per heavy atom. The lowest BCUT2D eigenvalue weighted by Gasteiger charge is -2.38. The van der Waals surface area contributed by atoms with Crippen LogP contribution in [0.5, 0.6) is 0 Å². The highest BCUT2D eigenvalue weighted by Gasteiger charge is 2.45. The van der Waals surface area contributed by atoms with Crippen LogP contribution in [0.2, 0.25) is 0 Å². The van der Waals surface area contributed by atoms with Crippen molar-refractivity contribution in [2.45, 2.75) is 50.2 Å². The molecular weight excluding hydrogens is 492 g/mol. The first-order valence-electron chi connectivity index (χ1n) is 13.2. The van der Waals surface area contributed by atoms with E-state index >= 15 is 0 Å². The number of nitrogens with two attached hydrogens (primary N) is 2. The van der Waals surface area contributed by atoms with E-state index in [1.807, 2.05) is 53.6 Å². The number of nitrogens with zero attached hydrogens (tertiary/aromatic N) is 7. The second-order valence-corrected chi connectivity index (χ2v) is 10.3. The Balaban J connectivity index is 1.24. The van der Waals surface area contributed by atoms with Crippen LogP contribution in [0.3, 0.4) is 0 Å². The number of hydrogen-bond donors (Lipinski definition) is 3. The van der Waals surface area contributed by atoms with Gasteiger partial charge in [-0.1, -0.05) is 36.4 Å². The molecule has 0 spiro atoms. The number of amides is 1. The third-order valence-electron chi connectivity index (χ3n) is 8.14. The summed E-state index contributed by atoms with van der Waals surface area (Å²) < 4.78 is 1.67. The maximum atomic E-state index is 13.1. The van der Waals surface area contributed by atoms with Gasteiger partial charge in [-0.25, -0.2) is 9.97 Å². The van der Waals surface area contributed by atoms with E-state index < -0.39 is 0 Å². The summed E-state index contributed by atoms with van der Waals surface area (Å²) in [7, 11) is 0. The zero-order valence-corrected chi connectivity index (χ0v) is 21.2. The molecule has 2 aliphatic heterocycles. The molecule has 2 bridgehead atoms. The molecule has 0 saturated carbocycles. The number of pyridine rings is 1. The first-order chi connectivity index (χ1) is 19.1. The highest BCUT2D eigenvalue weighted by Crippen LogP contribution is 2.44. The van der Waals surface area contributed by atoms with Crippen molar-refractivity contribution in [1.29, 1.82) is 0 Å². The van der Waals surface area contributed by atoms with Crippen LogP contribution >= 0.6 is 0 Å². The van der Waals surface area contributed by atoms with E-state index in [9.17, 15) is 4.79 Å². The molecule has 5 N–H and O–H groups in total. The van der Waals surface area contributed by atoms with Crippen LogP contribution in [0.1, 0.15) is 53.5 Å². The van der Waals surface area contributed by atoms with Crippen molar-refractivity contribution in [3.05, 3.63) is 78.3 Å². The van der Waals surface area contributed by atoms with Gasteiger partial charge >= 0.3 is 0 Å². The van der Waals surface area contributed by atoms with E-state index in [2.05, 4.69) is 25.3 Å². The quantitative estimate of drug-likeness (QED) is 0.319. The number of nitrogen functional groups attached to an aromatic ring is 1. The zero-order chi connectivity index (χ0) is 26.5. The number of rotatable bonds is 5. The minimum atomic E-state index is -0.0926. The topological polar surface area (TPSA) is 157 Å². The number of hydrogen-bond acceptors (Lipinski definition) is 8. The number of nitrogens with one attached hydrogen (secondary N) is 1. The summed E-state index contributed by atoms with van der Waals surface area (Å²) in [5, 5.41) is 11.1. The van der Waals surface area contributed by atoms with Crippen molar-refractivity contribution in [2.24, 2.45) is 5.73 Å². The summed E-state index contributed by atoms with van der Waals surface area (Å²) in [5.41, 5.74) is 19.0. The molecule has 196 valence electrons. The first-order valence-corrected chi connectivity index (χ1v) is 13.2. The van der Waals surface area contributed by atoms with Gasteiger partial charge in [0.2, 0.25) is 5.82 Å². The van der Waals surface area contributed by atoms with Crippen molar-refractivity contribution < 1.29 is 4.79 Å². The van der Waals surface area contributed by atoms with Crippen LogP contribution in [0.4, 0.5) is 5.82 Å². The lowest BCUT2D eigenvalue weighted by Crippen LogP contribution is -2.46. The number of fused-ring (bicyclic) bond motifs is 3. The molecule has 6 heterocycles. The molecule has 2 atom stereocenters. The molecule has 11 nitrogen and oxygen atoms in total. The molecule has 4 aromatic heterocycles. The number of aromatic nitrogens is 7. The molecule has 39 heavy (non-hydrogen) atoms. The summed E-state index contributed by atoms with van der Waals surface area (Å²) in [5.74, 6) is 0.830. The van der Waals surface area contributed by atoms with Gasteiger partial charge in [0.1, 0.15) is 12.1 Å². The normalized spacial score (nSPS) is 20.5. The minimum Gasteiger partial charge on any atom is -0.383 e. The Hall–Kier alpha value is -4.64. The largest absolute Gasteiger partial charge is 0.383 e. The number of carbonyl (C=O) groups excluding carboxylic acids is 1. The molecule has 1 amide bonds. The average Bonchev–Trinajstić information content (AvgIpc) is 3.72. The molecule has 0 aliphatic carbocycles. The molecule has 7 rings (SSSR count). The fourth-order valence-electron chi connectivity index (χ4n) is 6.31. The van der Waals surface area contributed by atoms with Gasteiger partial charge in [-0.2, -0.15) is 14.7 Å². The van der Waals surface area contributed by atoms with Gasteiger partial charge < -0.3 is 16.4 Å². The summed E-state index contributed by atoms with van der Waals surface area (Å²) in [6, 6.07) is 14.3. The molecule has 0 radical (unpaired) electrons. The third-order valence-corrected chi connectivity index (χ3v) is 8.14. The van der Waals surface area contributed by atoms with E-state index in [1.54, 1.807) is 10.7 Å². The van der Waals surface area contributed by atoms with E-state index in [0.29, 0.717) is 11.5 Å². The molecule has 5 aromatic rings. The smallest absolute Gasteiger partial charge is 0.291 e. The third kappa shape index (κ3) is 3.85. The zero-order valence-electron chi connectivity index (χ0n) is 21.2. The molecule has 2 fully saturated rings. The van der Waals surface area contributed by atoms with E-state index in [1.165, 1.54) is 6.33 Å². The first kappa shape index (κ1) is 23.5. The van der Waals surface area contributed by atoms with Gasteiger partial charge in [0.15, 0.2) is 5.65 Å². The van der Waals surface area contributed by atoms with Crippen LogP contribution in [-0.2, 0) is 6.54 Å². The maximum absolute atomic E-state index is 13.1. The van der Waals surface area contributed by atoms with Crippen molar-refractivity contribution in [1.82, 2.24) is 39.7 Å². The van der Waals surface area contributed by atoms with Crippen molar-refractivity contribution in [2.75, 3.05) is 5.73 Å². The standard InChI is InChI=1S/C28H28N10O/c29-12-21-24(18-10-19-7-8-20(11-18)37(19)28(39)26-32-15-33-36-26)35-27-22(14-34-38(27)25(21)30)17-6-9-23(31-13-17)16-4-2-1-3-5-16/h1-6,9,13-15,18-20H,7-8,10-12,29-30H2,(H,32,33,36). The fourth-order valence-corrected chi connectivity index (χ4v) is 6.31. The Morgan fingerprint density at radius 2 is 1.79 bits per heavy atom. The summed E-state index contributed by atoms with van der Waals surface area (Å²) in [4.78, 5) is 29.0. The minimum absolute atomic E-state index is 0.0926. The molecule has 11 heteroatoms. The summed E-state index contributed by atoms with van der Waals surface area (Å²) in [6.45, 7) is 0.263. The van der Waals surface area contributed by atoms with Gasteiger partial charge in [0.05, 0.1) is 17.6 Å². The highest BCUT2D eigenvalue weighted by molar-refractivity contribution is 5.91. The number of benzene rings is 1. The molecule has 2 unspecified atom stereocenters. The SMILES string of the molecule is NCc1c(C2CC3CCC(C2)N3C(=O)c2ncn[nH]2)nc2c(-c3ccc(-c4ccccc4)nc3)cnn2c1N. The fraction of sp³-hybridized carbons (Fsp3) is 0.286. The second kappa shape index (κ2) is 9.28. The molecular formula is C28H28N10O. The maximum Gasteiger partial charge on any atom is 0.291 e. The number of anilines is 1. The number of carbonyl (C=O) groups is 1. The van der Waals surface area contributed by atoms with Gasteiger partial charge in [-0.05, 0) is 31.7 Å². The van der Waals surface area contributed by atoms with Crippen molar-refractivity contribution in [3.63, 3.8) is 0 Å². The monoisotopic (exact) mass is 520 g/mol. The van der Waals surface area contributed by atoms with Crippen LogP contribution in [0.25, 0.3) is 28.0 Å². The molecule has 2 saturated heterocycles. The van der Waals surface area contributed by atoms with Crippen molar-refractivity contribution >= 4 is 17.4 Å². The summed E-state index contributed by atoms with van der Waals surface area (Å²) >= 11 is 0. The summed E-state index contributed by atoms with van der Waals surface area (Å²) in [6.07, 6.45) is 8.49. The Bertz CT molecular complexity index is 1630. The van der Waals surface area contributed by atoms with Crippen LogP contribution < -0.4 is 11.5 Å². The highest BCUT2D eigenvalue weighted by atomic mass is 16.2.